The zero-order valence-corrected chi connectivity index (χ0v) is 65.1. The number of aromatic nitrogens is 12. The van der Waals surface area contributed by atoms with Gasteiger partial charge in [-0.3, -0.25) is 43.3 Å². The summed E-state index contributed by atoms with van der Waals surface area (Å²) in [6.07, 6.45) is 25.5. The van der Waals surface area contributed by atoms with Gasteiger partial charge in [-0.1, -0.05) is 18.5 Å². The van der Waals surface area contributed by atoms with Crippen LogP contribution in [0.2, 0.25) is 10.3 Å². The van der Waals surface area contributed by atoms with E-state index in [1.165, 1.54) is 70.7 Å². The van der Waals surface area contributed by atoms with E-state index in [0.29, 0.717) is 53.0 Å². The van der Waals surface area contributed by atoms with Crippen LogP contribution >= 0.6 is 47.6 Å². The average Bonchev–Trinajstić information content (AvgIpc) is 1.62. The molecule has 1 amide bonds. The van der Waals surface area contributed by atoms with Crippen LogP contribution in [0.3, 0.4) is 0 Å². The molecule has 106 heavy (non-hydrogen) atoms. The number of halogens is 2. The number of aromatic amines is 4. The number of ketones is 1. The number of hydrogen-bond acceptors (Lipinski definition) is 27. The Labute approximate surface area is 667 Å². The number of thiocarbonyl (C=S) groups is 1. The number of aryl methyl sites for hydroxylation is 4. The second kappa shape index (κ2) is 46.8. The molecule has 8 aliphatic rings. The monoisotopic (exact) mass is 1590 g/mol. The van der Waals surface area contributed by atoms with Gasteiger partial charge in [0.2, 0.25) is 5.15 Å². The summed E-state index contributed by atoms with van der Waals surface area (Å²) < 4.78 is 27.7. The molecule has 0 bridgehead atoms. The maximum absolute atomic E-state index is 12.2. The van der Waals surface area contributed by atoms with E-state index in [0.717, 1.165) is 178 Å². The van der Waals surface area contributed by atoms with Gasteiger partial charge in [-0.05, 0) is 171 Å². The number of hydrogen-bond donors (Lipinski definition) is 7. The Bertz CT molecular complexity index is 4170. The molecule has 6 aromatic heterocycles. The molecule has 3 unspecified atom stereocenters. The number of nitrogens with zero attached hydrogens (tertiary/aromatic N) is 10. The predicted molar refractivity (Wildman–Crippen MR) is 392 cm³/mol. The first-order valence-electron chi connectivity index (χ1n) is 33.7. The standard InChI is InChI=1S/C18H26N4O4.C9H9ClN2O2.C8H10ClN2.C7H8N2OS.2C7H8N2O.C6H10O.C4H6O3.CH4N2S.CO2.Ar.HNS/c1-12(23)25-14-6-5-13-15(14)19-11-20-16(13)21-7-9-22(10-8-21)17(24)26-18(2,3)4;1-5(13)14-7-3-2-6-8(7)11-4-12-9(6)10;1-11-5-10-8(9)6-3-2-4-7(6)11;10-6-4-2-1-3-5(4)8-7(11)9-6;2*10-7-5-2-1-3-6(5)8-4-9-7;1-5-3-2-4-6(5)7;1-3(5)7-4(2)6;2-1(3)4;2-1-3;;1-2/h11,14H,5-10H2,1-4H3;4,7H,2-3H2,1H3;5H,2-4H2,1H3;1-3H2,(H2,8,9,10,11);2*4H,1-3H2,(H,8,9,10);5H,2-4H2,1H3;1-2H3;(H4,2,3,4);;;1H/q;;+1;;;;;;;;;. The predicted octanol–water partition coefficient (Wildman–Crippen LogP) is 6.62. The number of fused-ring (bicyclic) bond motifs is 6. The first kappa shape index (κ1) is 92.1. The molecule has 6 aromatic rings. The van der Waals surface area contributed by atoms with E-state index < -0.39 is 17.5 Å². The van der Waals surface area contributed by atoms with Crippen molar-refractivity contribution in [2.24, 2.45) is 24.4 Å². The minimum Gasteiger partial charge on any atom is -0.456 e. The van der Waals surface area contributed by atoms with Gasteiger partial charge in [-0.25, -0.2) is 44.0 Å². The van der Waals surface area contributed by atoms with E-state index >= 15 is 0 Å². The van der Waals surface area contributed by atoms with Crippen molar-refractivity contribution in [1.82, 2.24) is 59.7 Å². The summed E-state index contributed by atoms with van der Waals surface area (Å²) in [6.45, 7) is 15.3. The van der Waals surface area contributed by atoms with Crippen molar-refractivity contribution in [2.75, 3.05) is 31.1 Å². The van der Waals surface area contributed by atoms with Gasteiger partial charge in [0.05, 0.1) is 48.0 Å². The van der Waals surface area contributed by atoms with Crippen LogP contribution in [0.4, 0.5) is 10.6 Å². The molecule has 14 rings (SSSR count). The van der Waals surface area contributed by atoms with Crippen molar-refractivity contribution in [3.8, 4) is 0 Å². The molecular weight excluding hydrogens is 1500 g/mol. The largest absolute Gasteiger partial charge is 0.456 e. The topological polar surface area (TPSA) is 464 Å². The summed E-state index contributed by atoms with van der Waals surface area (Å²) in [5, 5.41) is 1.15. The number of anilines is 1. The van der Waals surface area contributed by atoms with Crippen LogP contribution in [-0.2, 0) is 136 Å². The molecule has 38 heteroatoms. The summed E-state index contributed by atoms with van der Waals surface area (Å²) in [4.78, 5) is 157. The number of amides is 1. The second-order valence-electron chi connectivity index (χ2n) is 25.3. The van der Waals surface area contributed by atoms with Crippen molar-refractivity contribution >= 4 is 113 Å². The van der Waals surface area contributed by atoms with Gasteiger partial charge < -0.3 is 55.2 Å². The van der Waals surface area contributed by atoms with Crippen LogP contribution in [0.15, 0.2) is 46.0 Å². The fourth-order valence-electron chi connectivity index (χ4n) is 12.0. The van der Waals surface area contributed by atoms with Crippen LogP contribution in [0.25, 0.3) is 0 Å². The van der Waals surface area contributed by atoms with Gasteiger partial charge in [0.15, 0.2) is 9.88 Å². The number of nitrogens with one attached hydrogen (secondary N) is 5. The molecule has 32 nitrogen and oxygen atoms in total. The fourth-order valence-corrected chi connectivity index (χ4v) is 12.7. The number of piperazine rings is 1. The zero-order valence-electron chi connectivity index (χ0n) is 60.5. The van der Waals surface area contributed by atoms with Crippen LogP contribution in [0.1, 0.15) is 193 Å². The summed E-state index contributed by atoms with van der Waals surface area (Å²) in [5.74, 6) is 0.0000581. The average molecular weight is 1590 g/mol. The summed E-state index contributed by atoms with van der Waals surface area (Å²) in [7, 11) is 2.02. The van der Waals surface area contributed by atoms with Gasteiger partial charge in [-0.2, -0.15) is 9.59 Å². The van der Waals surface area contributed by atoms with Gasteiger partial charge in [0.25, 0.3) is 23.0 Å². The number of carbonyl (C=O) groups excluding carboxylic acids is 8. The number of H-pyrrole nitrogens is 4. The van der Waals surface area contributed by atoms with E-state index in [2.05, 4.69) is 105 Å². The minimum atomic E-state index is -0.562. The van der Waals surface area contributed by atoms with Crippen LogP contribution in [0.5, 0.6) is 0 Å². The van der Waals surface area contributed by atoms with E-state index in [-0.39, 0.29) is 95.9 Å². The van der Waals surface area contributed by atoms with Crippen LogP contribution in [-0.4, -0.2) is 139 Å². The Morgan fingerprint density at radius 3 is 1.53 bits per heavy atom. The van der Waals surface area contributed by atoms with Crippen molar-refractivity contribution in [3.05, 3.63) is 145 Å². The first-order valence-corrected chi connectivity index (χ1v) is 35.6. The Morgan fingerprint density at radius 1 is 0.604 bits per heavy atom. The SMILES string of the molecule is CC(=O)OC(C)=O.CC(=O)OC1CCc2c(Cl)ncnc21.CC(=O)OC1CCc2c1ncnc2N1CCN(C(=O)OC(C)(C)C)CC1.CC1CCCC1=O.C[n+]1cnc(Cl)c2c1CCC2.N=S.NC(N)=S.O=C=O.O=c1[nH]c(=S)[nH]c2c1CCC2.O=c1[nH]cnc2c1CCC2.O=c1[nH]cnc2c1CCC2.[Ar]. The van der Waals surface area contributed by atoms with Crippen molar-refractivity contribution in [1.29, 1.82) is 4.78 Å². The molecule has 3 atom stereocenters. The van der Waals surface area contributed by atoms with Crippen LogP contribution < -0.4 is 37.6 Å². The number of nitrogens with two attached hydrogens (primary N) is 2. The Balaban J connectivity index is 0.000000320. The molecule has 1 aliphatic heterocycles. The molecule has 7 aliphatic carbocycles. The number of carbonyl (C=O) groups is 6. The Kier molecular flexibility index (Phi) is 40.7. The summed E-state index contributed by atoms with van der Waals surface area (Å²) in [6, 6.07) is 0. The molecule has 9 N–H and O–H groups in total. The van der Waals surface area contributed by atoms with E-state index in [9.17, 15) is 43.2 Å². The van der Waals surface area contributed by atoms with Crippen LogP contribution in [0, 0.1) is 53.2 Å². The molecule has 0 spiro atoms. The quantitative estimate of drug-likeness (QED) is 0.0244. The third-order valence-electron chi connectivity index (χ3n) is 16.5. The van der Waals surface area contributed by atoms with E-state index in [1.54, 1.807) is 11.2 Å². The molecule has 0 radical (unpaired) electrons. The molecule has 1 saturated carbocycles. The third kappa shape index (κ3) is 30.6. The van der Waals surface area contributed by atoms with Crippen molar-refractivity contribution < 1.29 is 99.6 Å². The summed E-state index contributed by atoms with van der Waals surface area (Å²) >= 11 is 24.1. The van der Waals surface area contributed by atoms with Gasteiger partial charge in [-0.15, -0.1) is 0 Å². The number of Topliss-reactive ketones (excluding diaryl/α,β-unsaturated/α-hetero) is 1. The molecule has 1 saturated heterocycles. The maximum Gasteiger partial charge on any atom is 0.410 e. The minimum absolute atomic E-state index is 0. The smallest absolute Gasteiger partial charge is 0.410 e. The number of esters is 4. The fraction of sp³-hybridized carbons (Fsp3) is 0.529. The van der Waals surface area contributed by atoms with Crippen molar-refractivity contribution in [3.63, 3.8) is 0 Å². The van der Waals surface area contributed by atoms with Gasteiger partial charge >= 0.3 is 36.1 Å². The molecule has 0 aromatic carbocycles. The molecule has 2 fully saturated rings. The van der Waals surface area contributed by atoms with Crippen molar-refractivity contribution in [2.45, 2.75) is 195 Å². The third-order valence-corrected chi connectivity index (χ3v) is 17.4. The molecular formula is C68H90ArCl2N17O15S3+. The molecule has 576 valence electrons. The zero-order chi connectivity index (χ0) is 78.1. The van der Waals surface area contributed by atoms with Gasteiger partial charge in [0.1, 0.15) is 52.9 Å². The summed E-state index contributed by atoms with van der Waals surface area (Å²) in [5.41, 5.74) is 20.6. The number of rotatable bonds is 3. The molecule has 7 heterocycles. The second-order valence-corrected chi connectivity index (χ2v) is 26.9. The van der Waals surface area contributed by atoms with E-state index in [1.807, 2.05) is 34.7 Å². The Morgan fingerprint density at radius 2 is 1.08 bits per heavy atom. The normalized spacial score (nSPS) is 16.3. The maximum atomic E-state index is 12.2. The van der Waals surface area contributed by atoms with Gasteiger partial charge in [0, 0.05) is 156 Å². The van der Waals surface area contributed by atoms with E-state index in [4.69, 9.17) is 64.0 Å². The number of ether oxygens (including phenoxy) is 4. The first-order chi connectivity index (χ1) is 49.8. The Hall–Kier alpha value is -8.15.